The molecule has 4 heteroatoms. The van der Waals surface area contributed by atoms with Gasteiger partial charge in [-0.2, -0.15) is 35.9 Å². The Bertz CT molecular complexity index is 263. The average Bonchev–Trinajstić information content (AvgIpc) is 2.79. The smallest absolute Gasteiger partial charge is 1.00 e. The summed E-state index contributed by atoms with van der Waals surface area (Å²) in [6, 6.07) is 18.0. The molecule has 0 bridgehead atoms. The zero-order valence-electron chi connectivity index (χ0n) is 8.81. The van der Waals surface area contributed by atoms with E-state index in [-0.39, 0.29) is 57.6 Å². The summed E-state index contributed by atoms with van der Waals surface area (Å²) in [5, 5.41) is 8.44. The maximum atomic E-state index is 8.44. The van der Waals surface area contributed by atoms with Crippen LogP contribution >= 0.6 is 0 Å². The Balaban J connectivity index is -0.000000189. The molecule has 0 atom stereocenters. The summed E-state index contributed by atoms with van der Waals surface area (Å²) in [5.74, 6) is 0. The summed E-state index contributed by atoms with van der Waals surface area (Å²) in [6.07, 6.45) is 0.785. The van der Waals surface area contributed by atoms with Crippen LogP contribution in [0.25, 0.3) is 0 Å². The molecule has 0 aliphatic heterocycles. The number of hydrogen-bond donors (Lipinski definition) is 1. The zero-order chi connectivity index (χ0) is 9.36. The van der Waals surface area contributed by atoms with Crippen molar-refractivity contribution in [3.05, 3.63) is 60.2 Å². The van der Waals surface area contributed by atoms with Crippen molar-refractivity contribution in [1.29, 1.82) is 0 Å². The summed E-state index contributed by atoms with van der Waals surface area (Å²) in [4.78, 5) is 0. The van der Waals surface area contributed by atoms with Crippen LogP contribution in [0.4, 0.5) is 0 Å². The second-order valence-corrected chi connectivity index (χ2v) is 2.73. The predicted octanol–water partition coefficient (Wildman–Crippen LogP) is -3.65. The minimum absolute atomic E-state index is 0. The van der Waals surface area contributed by atoms with Gasteiger partial charge in [-0.3, -0.25) is 0 Å². The van der Waals surface area contributed by atoms with Crippen molar-refractivity contribution in [3.8, 4) is 0 Å². The summed E-state index contributed by atoms with van der Waals surface area (Å²) in [6.45, 7) is 0.254. The minimum Gasteiger partial charge on any atom is -1.00 e. The Labute approximate surface area is 129 Å². The molecule has 1 nitrogen and oxygen atoms in total. The van der Waals surface area contributed by atoms with E-state index < -0.39 is 0 Å². The zero-order valence-corrected chi connectivity index (χ0v) is 12.8. The Hall–Kier alpha value is 0.123. The monoisotopic (exact) mass is 334 g/mol. The van der Waals surface area contributed by atoms with Gasteiger partial charge in [-0.25, -0.2) is 24.3 Å². The van der Waals surface area contributed by atoms with Crippen molar-refractivity contribution < 1.29 is 56.1 Å². The third kappa shape index (κ3) is 10.6. The first-order chi connectivity index (χ1) is 6.43. The van der Waals surface area contributed by atoms with Crippen molar-refractivity contribution in [2.45, 2.75) is 6.42 Å². The number of aliphatic hydroxyl groups excluding tert-OH is 1. The third-order valence-electron chi connectivity index (χ3n) is 1.69. The Kier molecular flexibility index (Phi) is 20.2. The van der Waals surface area contributed by atoms with Crippen molar-refractivity contribution in [1.82, 2.24) is 0 Å². The van der Waals surface area contributed by atoms with Crippen LogP contribution in [0.15, 0.2) is 54.6 Å². The van der Waals surface area contributed by atoms with Crippen LogP contribution in [-0.2, 0) is 32.6 Å². The molecule has 0 saturated carbocycles. The van der Waals surface area contributed by atoms with Gasteiger partial charge < -0.3 is 29.9 Å². The van der Waals surface area contributed by atoms with Crippen LogP contribution in [0.1, 0.15) is 5.56 Å². The molecule has 16 heavy (non-hydrogen) atoms. The van der Waals surface area contributed by atoms with E-state index in [2.05, 4.69) is 0 Å². The molecule has 0 aliphatic rings. The van der Waals surface area contributed by atoms with Gasteiger partial charge in [-0.15, -0.1) is 0 Å². The van der Waals surface area contributed by atoms with Crippen LogP contribution in [0.3, 0.4) is 0 Å². The summed E-state index contributed by atoms with van der Waals surface area (Å²) in [7, 11) is 0. The number of hydrogen-bond acceptors (Lipinski definition) is 1. The maximum absolute atomic E-state index is 8.44. The van der Waals surface area contributed by atoms with Gasteiger partial charge in [0.05, 0.1) is 0 Å². The van der Waals surface area contributed by atoms with Crippen LogP contribution in [-0.4, -0.2) is 11.7 Å². The van der Waals surface area contributed by atoms with Gasteiger partial charge in [-0.1, -0.05) is 6.42 Å². The average molecular weight is 336 g/mol. The van der Waals surface area contributed by atoms with Gasteiger partial charge >= 0.3 is 26.2 Å². The van der Waals surface area contributed by atoms with Crippen molar-refractivity contribution in [2.24, 2.45) is 0 Å². The summed E-state index contributed by atoms with van der Waals surface area (Å²) >= 11 is 0. The molecule has 2 rings (SSSR count). The fraction of sp³-hybridized carbons (Fsp3) is 0.167. The van der Waals surface area contributed by atoms with E-state index in [0.717, 1.165) is 6.42 Å². The fourth-order valence-electron chi connectivity index (χ4n) is 1.03. The van der Waals surface area contributed by atoms with Crippen molar-refractivity contribution in [2.75, 3.05) is 6.61 Å². The second-order valence-electron chi connectivity index (χ2n) is 2.73. The topological polar surface area (TPSA) is 20.2 Å². The molecule has 0 amide bonds. The minimum atomic E-state index is 0. The first-order valence-corrected chi connectivity index (χ1v) is 4.41. The first-order valence-electron chi connectivity index (χ1n) is 4.41. The summed E-state index contributed by atoms with van der Waals surface area (Å²) < 4.78 is 0. The largest absolute Gasteiger partial charge is 4.00 e. The van der Waals surface area contributed by atoms with E-state index in [1.165, 1.54) is 5.56 Å². The molecule has 0 unspecified atom stereocenters. The number of aliphatic hydroxyl groups is 1. The SMILES string of the molecule is OCC[c-]1cccc1.[Cl-].[Cl-].[Zr+4].c1cc[cH-]c1. The van der Waals surface area contributed by atoms with Gasteiger partial charge in [0, 0.05) is 6.61 Å². The molecule has 2 aromatic rings. The molecule has 2 aromatic carbocycles. The number of halogens is 2. The molecule has 0 saturated heterocycles. The molecule has 0 spiro atoms. The van der Waals surface area contributed by atoms with Crippen molar-refractivity contribution >= 4 is 0 Å². The van der Waals surface area contributed by atoms with E-state index in [9.17, 15) is 0 Å². The Morgan fingerprint density at radius 1 is 0.938 bits per heavy atom. The van der Waals surface area contributed by atoms with Crippen LogP contribution in [0.2, 0.25) is 0 Å². The number of rotatable bonds is 2. The van der Waals surface area contributed by atoms with E-state index in [1.54, 1.807) is 0 Å². The van der Waals surface area contributed by atoms with E-state index in [0.29, 0.717) is 0 Å². The van der Waals surface area contributed by atoms with Gasteiger partial charge in [0.25, 0.3) is 0 Å². The first kappa shape index (κ1) is 21.4. The van der Waals surface area contributed by atoms with E-state index >= 15 is 0 Å². The van der Waals surface area contributed by atoms with E-state index in [4.69, 9.17) is 5.11 Å². The fourth-order valence-corrected chi connectivity index (χ4v) is 1.03. The second kappa shape index (κ2) is 15.1. The molecule has 0 aliphatic carbocycles. The molecular weight excluding hydrogens is 322 g/mol. The van der Waals surface area contributed by atoms with Gasteiger partial charge in [0.2, 0.25) is 0 Å². The molecular formula is C12H14Cl2OZr. The van der Waals surface area contributed by atoms with Gasteiger partial charge in [0.1, 0.15) is 0 Å². The van der Waals surface area contributed by atoms with Crippen LogP contribution in [0, 0.1) is 0 Å². The molecule has 0 heterocycles. The van der Waals surface area contributed by atoms with Gasteiger partial charge in [-0.05, 0) is 0 Å². The Morgan fingerprint density at radius 2 is 1.44 bits per heavy atom. The van der Waals surface area contributed by atoms with Crippen LogP contribution in [0.5, 0.6) is 0 Å². The predicted molar refractivity (Wildman–Crippen MR) is 54.9 cm³/mol. The molecule has 86 valence electrons. The summed E-state index contributed by atoms with van der Waals surface area (Å²) in [5.41, 5.74) is 1.22. The molecule has 0 fully saturated rings. The van der Waals surface area contributed by atoms with Crippen molar-refractivity contribution in [3.63, 3.8) is 0 Å². The molecule has 1 N–H and O–H groups in total. The third-order valence-corrected chi connectivity index (χ3v) is 1.69. The van der Waals surface area contributed by atoms with E-state index in [1.807, 2.05) is 54.6 Å². The molecule has 0 aromatic heterocycles. The van der Waals surface area contributed by atoms with Gasteiger partial charge in [0.15, 0.2) is 0 Å². The maximum Gasteiger partial charge on any atom is 4.00 e. The Morgan fingerprint density at radius 3 is 1.75 bits per heavy atom. The standard InChI is InChI=1S/C7H9O.C5H5.2ClH.Zr/c8-6-5-7-3-1-2-4-7;1-2-4-5-3-1;;;/h1-4,8H,5-6H2;1-5H;2*1H;/q2*-1;;;+4/p-2. The normalized spacial score (nSPS) is 7.31. The molecule has 0 radical (unpaired) electrons. The van der Waals surface area contributed by atoms with Crippen LogP contribution < -0.4 is 24.8 Å². The quantitative estimate of drug-likeness (QED) is 0.561.